The van der Waals surface area contributed by atoms with Crippen molar-refractivity contribution in [1.29, 1.82) is 0 Å². The summed E-state index contributed by atoms with van der Waals surface area (Å²) in [5, 5.41) is 0. The van der Waals surface area contributed by atoms with Gasteiger partial charge in [-0.15, -0.1) is 0 Å². The summed E-state index contributed by atoms with van der Waals surface area (Å²) in [5.41, 5.74) is 5.45. The van der Waals surface area contributed by atoms with Gasteiger partial charge in [-0.3, -0.25) is 4.79 Å². The summed E-state index contributed by atoms with van der Waals surface area (Å²) in [6.45, 7) is 21.2. The Morgan fingerprint density at radius 2 is 2.00 bits per heavy atom. The number of fused-ring (bicyclic) bond motifs is 1. The van der Waals surface area contributed by atoms with Gasteiger partial charge in [0.15, 0.2) is 5.78 Å². The summed E-state index contributed by atoms with van der Waals surface area (Å²) in [5.74, 6) is -0.0343. The van der Waals surface area contributed by atoms with Crippen molar-refractivity contribution in [3.63, 3.8) is 0 Å². The van der Waals surface area contributed by atoms with Gasteiger partial charge in [0, 0.05) is 11.0 Å². The average molecular weight is 308 g/mol. The lowest BCUT2D eigenvalue weighted by molar-refractivity contribution is -0.120. The van der Waals surface area contributed by atoms with E-state index in [4.69, 9.17) is 0 Å². The van der Waals surface area contributed by atoms with E-state index in [0.717, 1.165) is 52.7 Å². The Morgan fingerprint density at radius 1 is 1.35 bits per heavy atom. The highest BCUT2D eigenvalue weighted by atomic mass is 16.1. The van der Waals surface area contributed by atoms with Crippen molar-refractivity contribution in [2.75, 3.05) is 0 Å². The zero-order valence-electron chi connectivity index (χ0n) is 15.0. The van der Waals surface area contributed by atoms with E-state index < -0.39 is 5.41 Å². The van der Waals surface area contributed by atoms with Crippen molar-refractivity contribution in [2.24, 2.45) is 11.3 Å². The van der Waals surface area contributed by atoms with Crippen molar-refractivity contribution in [1.82, 2.24) is 0 Å². The highest BCUT2D eigenvalue weighted by molar-refractivity contribution is 6.07. The molecule has 0 aromatic carbocycles. The van der Waals surface area contributed by atoms with Crippen molar-refractivity contribution >= 4 is 5.78 Å². The number of hydrogen-bond acceptors (Lipinski definition) is 1. The summed E-state index contributed by atoms with van der Waals surface area (Å²) in [7, 11) is 0. The molecule has 2 atom stereocenters. The molecule has 0 aromatic rings. The Hall–Kier alpha value is -1.89. The van der Waals surface area contributed by atoms with Crippen molar-refractivity contribution in [2.45, 2.75) is 47.0 Å². The fourth-order valence-corrected chi connectivity index (χ4v) is 3.84. The second kappa shape index (κ2) is 6.31. The van der Waals surface area contributed by atoms with Crippen molar-refractivity contribution in [3.05, 3.63) is 71.4 Å². The first-order chi connectivity index (χ1) is 10.8. The van der Waals surface area contributed by atoms with Crippen LogP contribution in [0, 0.1) is 11.3 Å². The van der Waals surface area contributed by atoms with E-state index in [1.165, 1.54) is 0 Å². The monoisotopic (exact) mass is 308 g/mol. The molecule has 0 aromatic heterocycles. The van der Waals surface area contributed by atoms with E-state index in [9.17, 15) is 4.79 Å². The van der Waals surface area contributed by atoms with Crippen LogP contribution in [0.2, 0.25) is 0 Å². The lowest BCUT2D eigenvalue weighted by Gasteiger charge is -2.47. The summed E-state index contributed by atoms with van der Waals surface area (Å²) in [4.78, 5) is 13.1. The molecule has 1 saturated carbocycles. The van der Waals surface area contributed by atoms with Gasteiger partial charge in [-0.1, -0.05) is 76.3 Å². The van der Waals surface area contributed by atoms with Crippen LogP contribution in [-0.2, 0) is 4.79 Å². The molecule has 1 nitrogen and oxygen atoms in total. The van der Waals surface area contributed by atoms with E-state index in [0.29, 0.717) is 0 Å². The van der Waals surface area contributed by atoms with E-state index in [1.54, 1.807) is 0 Å². The molecular weight excluding hydrogens is 280 g/mol. The molecule has 23 heavy (non-hydrogen) atoms. The van der Waals surface area contributed by atoms with Crippen LogP contribution >= 0.6 is 0 Å². The molecular formula is C22H28O. The Balaban J connectivity index is 2.63. The molecule has 2 unspecified atom stereocenters. The molecule has 0 saturated heterocycles. The molecule has 0 radical (unpaired) electrons. The Bertz CT molecular complexity index is 681. The number of carbonyl (C=O) groups excluding carboxylic acids is 1. The fourth-order valence-electron chi connectivity index (χ4n) is 3.84. The quantitative estimate of drug-likeness (QED) is 0.592. The number of hydrogen-bond donors (Lipinski definition) is 0. The first-order valence-corrected chi connectivity index (χ1v) is 8.51. The normalized spacial score (nSPS) is 29.3. The molecule has 0 amide bonds. The molecule has 0 bridgehead atoms. The van der Waals surface area contributed by atoms with Crippen molar-refractivity contribution < 1.29 is 4.79 Å². The second-order valence-corrected chi connectivity index (χ2v) is 6.85. The van der Waals surface area contributed by atoms with Crippen LogP contribution in [-0.4, -0.2) is 5.78 Å². The highest BCUT2D eigenvalue weighted by Crippen LogP contribution is 2.56. The summed E-state index contributed by atoms with van der Waals surface area (Å²) in [6, 6.07) is 0. The van der Waals surface area contributed by atoms with Crippen LogP contribution in [0.3, 0.4) is 0 Å². The van der Waals surface area contributed by atoms with Crippen LogP contribution in [0.15, 0.2) is 71.4 Å². The molecule has 2 rings (SSSR count). The minimum atomic E-state index is -0.426. The van der Waals surface area contributed by atoms with E-state index in [-0.39, 0.29) is 11.7 Å². The van der Waals surface area contributed by atoms with Gasteiger partial charge in [0.25, 0.3) is 0 Å². The largest absolute Gasteiger partial charge is 0.293 e. The molecule has 0 N–H and O–H groups in total. The Labute approximate surface area is 140 Å². The van der Waals surface area contributed by atoms with Gasteiger partial charge in [0.1, 0.15) is 0 Å². The first-order valence-electron chi connectivity index (χ1n) is 8.51. The molecule has 1 fully saturated rings. The van der Waals surface area contributed by atoms with Gasteiger partial charge >= 0.3 is 0 Å². The second-order valence-electron chi connectivity index (χ2n) is 6.85. The number of ketones is 1. The minimum Gasteiger partial charge on any atom is -0.293 e. The average Bonchev–Trinajstić information content (AvgIpc) is 2.51. The van der Waals surface area contributed by atoms with Crippen LogP contribution in [0.5, 0.6) is 0 Å². The maximum atomic E-state index is 13.1. The zero-order valence-corrected chi connectivity index (χ0v) is 15.0. The van der Waals surface area contributed by atoms with E-state index in [1.807, 2.05) is 13.0 Å². The van der Waals surface area contributed by atoms with Gasteiger partial charge in [-0.25, -0.2) is 0 Å². The SMILES string of the molecule is C=C(CCC)C1=CC(C)=CC2C(=O)/C(=C/CC)C(=C)C(=C)C12C. The molecule has 1 heteroatoms. The van der Waals surface area contributed by atoms with Gasteiger partial charge in [-0.05, 0) is 36.5 Å². The first kappa shape index (κ1) is 17.5. The minimum absolute atomic E-state index is 0.168. The van der Waals surface area contributed by atoms with Crippen LogP contribution in [0.25, 0.3) is 0 Å². The fraction of sp³-hybridized carbons (Fsp3) is 0.409. The predicted octanol–water partition coefficient (Wildman–Crippen LogP) is 5.88. The van der Waals surface area contributed by atoms with E-state index in [2.05, 4.69) is 52.7 Å². The summed E-state index contributed by atoms with van der Waals surface area (Å²) in [6.07, 6.45) is 9.05. The van der Waals surface area contributed by atoms with Crippen LogP contribution in [0.4, 0.5) is 0 Å². The number of allylic oxidation sites excluding steroid dienone is 9. The maximum absolute atomic E-state index is 13.1. The summed E-state index contributed by atoms with van der Waals surface area (Å²) >= 11 is 0. The third-order valence-corrected chi connectivity index (χ3v) is 5.19. The smallest absolute Gasteiger partial charge is 0.171 e. The van der Waals surface area contributed by atoms with Crippen LogP contribution < -0.4 is 0 Å². The van der Waals surface area contributed by atoms with Gasteiger partial charge in [0.05, 0.1) is 5.92 Å². The maximum Gasteiger partial charge on any atom is 0.171 e. The van der Waals surface area contributed by atoms with Crippen molar-refractivity contribution in [3.8, 4) is 0 Å². The number of Topliss-reactive ketones (excluding diaryl/α,β-unsaturated/α-hetero) is 1. The topological polar surface area (TPSA) is 17.1 Å². The Morgan fingerprint density at radius 3 is 2.57 bits per heavy atom. The molecule has 2 aliphatic rings. The molecule has 0 heterocycles. The standard InChI is InChI=1S/C22H28O/c1-8-10-15(4)19-12-14(3)13-20-21(23)18(11-9-2)16(5)17(6)22(19,20)7/h11-13,20H,4-6,8-10H2,1-3,7H3/b18-11+. The summed E-state index contributed by atoms with van der Waals surface area (Å²) < 4.78 is 0. The highest BCUT2D eigenvalue weighted by Gasteiger charge is 2.50. The van der Waals surface area contributed by atoms with Gasteiger partial charge in [0.2, 0.25) is 0 Å². The predicted molar refractivity (Wildman–Crippen MR) is 99.1 cm³/mol. The molecule has 2 aliphatic carbocycles. The molecule has 122 valence electrons. The zero-order chi connectivity index (χ0) is 17.4. The lowest BCUT2D eigenvalue weighted by Crippen LogP contribution is -2.43. The molecule has 0 aliphatic heterocycles. The third kappa shape index (κ3) is 2.63. The number of carbonyl (C=O) groups is 1. The number of rotatable bonds is 4. The third-order valence-electron chi connectivity index (χ3n) is 5.19. The van der Waals surface area contributed by atoms with Gasteiger partial charge < -0.3 is 0 Å². The van der Waals surface area contributed by atoms with E-state index >= 15 is 0 Å². The van der Waals surface area contributed by atoms with Crippen LogP contribution in [0.1, 0.15) is 47.0 Å². The molecule has 0 spiro atoms. The van der Waals surface area contributed by atoms with Gasteiger partial charge in [-0.2, -0.15) is 0 Å². The Kier molecular flexibility index (Phi) is 4.79. The lowest BCUT2D eigenvalue weighted by atomic mass is 9.54.